The van der Waals surface area contributed by atoms with Crippen molar-refractivity contribution in [1.82, 2.24) is 14.2 Å². The highest BCUT2D eigenvalue weighted by atomic mass is 31.2. The lowest BCUT2D eigenvalue weighted by Gasteiger charge is -2.44. The molecule has 0 spiro atoms. The van der Waals surface area contributed by atoms with Gasteiger partial charge in [0.25, 0.3) is 14.1 Å². The molecule has 53 heavy (non-hydrogen) atoms. The first-order valence-corrected chi connectivity index (χ1v) is 18.9. The Bertz CT molecular complexity index is 1870. The van der Waals surface area contributed by atoms with Crippen molar-refractivity contribution in [3.8, 4) is 17.6 Å². The highest BCUT2D eigenvalue weighted by Crippen LogP contribution is 2.51. The van der Waals surface area contributed by atoms with Crippen LogP contribution in [0.15, 0.2) is 94.6 Å². The summed E-state index contributed by atoms with van der Waals surface area (Å²) in [4.78, 5) is 28.1. The van der Waals surface area contributed by atoms with Gasteiger partial charge < -0.3 is 28.0 Å². The number of hydrogen-bond acceptors (Lipinski definition) is 10. The van der Waals surface area contributed by atoms with Crippen molar-refractivity contribution < 1.29 is 28.0 Å². The van der Waals surface area contributed by atoms with E-state index in [2.05, 4.69) is 43.4 Å². The molecule has 1 N–H and O–H groups in total. The summed E-state index contributed by atoms with van der Waals surface area (Å²) < 4.78 is 41.7. The Balaban J connectivity index is 1.63. The SMILES string of the molecule is COc1ccc(C(O[C@@H]2CO[C@@H](n3cc(C)c(=O)[nH]c3=O)[C@H](OP(OCCC#N)N(C(C)C)C(C)C)C2)(c2ccccc2)c2ccc(OC)cc2)cc1. The average Bonchev–Trinajstić information content (AvgIpc) is 3.16. The summed E-state index contributed by atoms with van der Waals surface area (Å²) >= 11 is 0. The number of nitrogens with one attached hydrogen (secondary N) is 1. The molecule has 0 amide bonds. The minimum absolute atomic E-state index is 0.0344. The lowest BCUT2D eigenvalue weighted by molar-refractivity contribution is -0.185. The van der Waals surface area contributed by atoms with Gasteiger partial charge in [-0.3, -0.25) is 14.3 Å². The topological polar surface area (TPSA) is 137 Å². The number of nitriles is 1. The predicted molar refractivity (Wildman–Crippen MR) is 203 cm³/mol. The number of hydrogen-bond donors (Lipinski definition) is 1. The van der Waals surface area contributed by atoms with Crippen molar-refractivity contribution in [1.29, 1.82) is 5.26 Å². The van der Waals surface area contributed by atoms with Crippen LogP contribution >= 0.6 is 8.53 Å². The standard InChI is InChI=1S/C40H49N4O8P/c1-27(2)44(28(3)4)53(50-23-11-22-41)52-36-24-35(26-49-38(36)43-25-29(5)37(45)42-39(43)46)51-40(30-12-9-8-10-13-30,31-14-18-33(47-6)19-15-31)32-16-20-34(48-7)21-17-32/h8-10,12-21,25,27-28,35-36,38H,11,23-24,26H2,1-7H3,(H,42,45,46)/t35-,36+,38+,53?/m0/s1. The van der Waals surface area contributed by atoms with Gasteiger partial charge >= 0.3 is 5.69 Å². The highest BCUT2D eigenvalue weighted by Gasteiger charge is 2.45. The molecule has 5 rings (SSSR count). The maximum absolute atomic E-state index is 13.3. The highest BCUT2D eigenvalue weighted by molar-refractivity contribution is 7.44. The van der Waals surface area contributed by atoms with E-state index in [1.54, 1.807) is 21.1 Å². The Morgan fingerprint density at radius 1 is 0.925 bits per heavy atom. The van der Waals surface area contributed by atoms with E-state index in [1.807, 2.05) is 78.9 Å². The van der Waals surface area contributed by atoms with Gasteiger partial charge in [-0.25, -0.2) is 9.46 Å². The first-order valence-electron chi connectivity index (χ1n) is 17.7. The van der Waals surface area contributed by atoms with Gasteiger partial charge in [-0.05, 0) is 75.6 Å². The summed E-state index contributed by atoms with van der Waals surface area (Å²) in [5.41, 5.74) is 0.728. The fourth-order valence-corrected chi connectivity index (χ4v) is 8.38. The molecule has 2 heterocycles. The van der Waals surface area contributed by atoms with Gasteiger partial charge in [0.2, 0.25) is 0 Å². The third-order valence-corrected chi connectivity index (χ3v) is 11.2. The number of benzene rings is 3. The first-order chi connectivity index (χ1) is 25.5. The molecule has 3 aromatic carbocycles. The molecular weight excluding hydrogens is 695 g/mol. The molecule has 4 atom stereocenters. The van der Waals surface area contributed by atoms with E-state index in [0.29, 0.717) is 23.5 Å². The number of rotatable bonds is 16. The molecular formula is C40H49N4O8P. The van der Waals surface area contributed by atoms with Gasteiger partial charge in [0, 0.05) is 30.3 Å². The van der Waals surface area contributed by atoms with Crippen molar-refractivity contribution in [3.05, 3.63) is 128 Å². The zero-order chi connectivity index (χ0) is 38.1. The molecule has 4 aromatic rings. The number of aryl methyl sites for hydroxylation is 1. The average molecular weight is 745 g/mol. The van der Waals surface area contributed by atoms with Crippen LogP contribution < -0.4 is 20.7 Å². The van der Waals surface area contributed by atoms with E-state index in [-0.39, 0.29) is 31.7 Å². The Labute approximate surface area is 312 Å². The van der Waals surface area contributed by atoms with E-state index in [4.69, 9.17) is 28.0 Å². The molecule has 0 bridgehead atoms. The van der Waals surface area contributed by atoms with Crippen LogP contribution in [0.1, 0.15) is 69.0 Å². The van der Waals surface area contributed by atoms with Gasteiger partial charge in [-0.15, -0.1) is 0 Å². The van der Waals surface area contributed by atoms with Crippen molar-refractivity contribution in [2.75, 3.05) is 27.4 Å². The summed E-state index contributed by atoms with van der Waals surface area (Å²) in [6.45, 7) is 10.1. The molecule has 13 heteroatoms. The zero-order valence-electron chi connectivity index (χ0n) is 31.4. The summed E-state index contributed by atoms with van der Waals surface area (Å²) in [6.07, 6.45) is -0.288. The van der Waals surface area contributed by atoms with Crippen LogP contribution in [0.3, 0.4) is 0 Å². The van der Waals surface area contributed by atoms with Gasteiger partial charge in [-0.2, -0.15) is 5.26 Å². The molecule has 0 aliphatic carbocycles. The van der Waals surface area contributed by atoms with Crippen molar-refractivity contribution in [2.24, 2.45) is 0 Å². The second kappa shape index (κ2) is 18.1. The minimum Gasteiger partial charge on any atom is -0.497 e. The molecule has 1 saturated heterocycles. The van der Waals surface area contributed by atoms with Crippen LogP contribution in [0.25, 0.3) is 0 Å². The first kappa shape index (κ1) is 39.9. The summed E-state index contributed by atoms with van der Waals surface area (Å²) in [5.74, 6) is 1.41. The molecule has 0 radical (unpaired) electrons. The third-order valence-electron chi connectivity index (χ3n) is 9.09. The summed E-state index contributed by atoms with van der Waals surface area (Å²) in [5, 5.41) is 9.32. The number of methoxy groups -OCH3 is 2. The van der Waals surface area contributed by atoms with Crippen LogP contribution in [-0.4, -0.2) is 65.9 Å². The molecule has 1 aromatic heterocycles. The van der Waals surface area contributed by atoms with E-state index < -0.39 is 43.8 Å². The lowest BCUT2D eigenvalue weighted by Crippen LogP contribution is -2.48. The smallest absolute Gasteiger partial charge is 0.330 e. The maximum Gasteiger partial charge on any atom is 0.330 e. The van der Waals surface area contributed by atoms with Gasteiger partial charge in [0.1, 0.15) is 23.2 Å². The van der Waals surface area contributed by atoms with Crippen LogP contribution in [-0.2, 0) is 24.1 Å². The fraction of sp³-hybridized carbons (Fsp3) is 0.425. The Morgan fingerprint density at radius 3 is 2.02 bits per heavy atom. The Kier molecular flexibility index (Phi) is 13.6. The number of H-pyrrole nitrogens is 1. The molecule has 1 fully saturated rings. The number of nitrogens with zero attached hydrogens (tertiary/aromatic N) is 3. The van der Waals surface area contributed by atoms with Crippen LogP contribution in [0.5, 0.6) is 11.5 Å². The molecule has 282 valence electrons. The molecule has 0 saturated carbocycles. The van der Waals surface area contributed by atoms with Crippen molar-refractivity contribution in [3.63, 3.8) is 0 Å². The van der Waals surface area contributed by atoms with Crippen molar-refractivity contribution >= 4 is 8.53 Å². The van der Waals surface area contributed by atoms with E-state index in [9.17, 15) is 14.9 Å². The lowest BCUT2D eigenvalue weighted by atomic mass is 9.79. The Morgan fingerprint density at radius 2 is 1.49 bits per heavy atom. The van der Waals surface area contributed by atoms with Crippen LogP contribution in [0.2, 0.25) is 0 Å². The van der Waals surface area contributed by atoms with E-state index in [0.717, 1.165) is 16.7 Å². The predicted octanol–water partition coefficient (Wildman–Crippen LogP) is 6.82. The minimum atomic E-state index is -1.74. The molecule has 1 aliphatic rings. The number of aromatic amines is 1. The summed E-state index contributed by atoms with van der Waals surface area (Å²) in [6, 6.07) is 27.8. The molecule has 12 nitrogen and oxygen atoms in total. The normalized spacial score (nSPS) is 18.2. The molecule has 1 aliphatic heterocycles. The van der Waals surface area contributed by atoms with E-state index >= 15 is 0 Å². The van der Waals surface area contributed by atoms with Crippen molar-refractivity contribution in [2.45, 2.75) is 83.6 Å². The number of aromatic nitrogens is 2. The quantitative estimate of drug-likeness (QED) is 0.0740. The Hall–Kier alpha value is -4.34. The number of ether oxygens (including phenoxy) is 4. The van der Waals surface area contributed by atoms with Crippen LogP contribution in [0, 0.1) is 18.3 Å². The third kappa shape index (κ3) is 9.07. The second-order valence-electron chi connectivity index (χ2n) is 13.4. The summed E-state index contributed by atoms with van der Waals surface area (Å²) in [7, 11) is 1.51. The van der Waals surface area contributed by atoms with E-state index in [1.165, 1.54) is 10.8 Å². The second-order valence-corrected chi connectivity index (χ2v) is 14.8. The van der Waals surface area contributed by atoms with Gasteiger partial charge in [0.05, 0.1) is 46.0 Å². The monoisotopic (exact) mass is 744 g/mol. The maximum atomic E-state index is 13.3. The fourth-order valence-electron chi connectivity index (χ4n) is 6.66. The largest absolute Gasteiger partial charge is 0.497 e. The molecule has 1 unspecified atom stereocenters. The van der Waals surface area contributed by atoms with Gasteiger partial charge in [-0.1, -0.05) is 54.6 Å². The van der Waals surface area contributed by atoms with Gasteiger partial charge in [0.15, 0.2) is 6.23 Å². The zero-order valence-corrected chi connectivity index (χ0v) is 32.2. The van der Waals surface area contributed by atoms with Crippen LogP contribution in [0.4, 0.5) is 0 Å².